The highest BCUT2D eigenvalue weighted by Crippen LogP contribution is 2.29. The summed E-state index contributed by atoms with van der Waals surface area (Å²) in [5.41, 5.74) is 0. The zero-order chi connectivity index (χ0) is 13.7. The van der Waals surface area contributed by atoms with Crippen LogP contribution < -0.4 is 5.32 Å². The van der Waals surface area contributed by atoms with Crippen LogP contribution in [-0.2, 0) is 13.0 Å². The first-order valence-corrected chi connectivity index (χ1v) is 8.34. The zero-order valence-electron chi connectivity index (χ0n) is 11.4. The monoisotopic (exact) mass is 341 g/mol. The van der Waals surface area contributed by atoms with Crippen LogP contribution in [0.5, 0.6) is 0 Å². The number of thiophene rings is 1. The largest absolute Gasteiger partial charge is 0.335 e. The molecular weight excluding hydrogens is 322 g/mol. The van der Waals surface area contributed by atoms with Gasteiger partial charge in [0.25, 0.3) is 0 Å². The fourth-order valence-corrected chi connectivity index (χ4v) is 3.69. The Kier molecular flexibility index (Phi) is 5.60. The molecule has 3 nitrogen and oxygen atoms in total. The minimum absolute atomic E-state index is 0.347. The Morgan fingerprint density at radius 2 is 2.26 bits per heavy atom. The smallest absolute Gasteiger partial charge is 0.110 e. The third-order valence-electron chi connectivity index (χ3n) is 3.04. The van der Waals surface area contributed by atoms with Gasteiger partial charge in [-0.1, -0.05) is 13.8 Å². The van der Waals surface area contributed by atoms with Crippen molar-refractivity contribution in [3.05, 3.63) is 39.0 Å². The summed E-state index contributed by atoms with van der Waals surface area (Å²) in [7, 11) is 0. The van der Waals surface area contributed by atoms with E-state index in [1.165, 1.54) is 8.66 Å². The van der Waals surface area contributed by atoms with Crippen LogP contribution in [0.1, 0.15) is 37.0 Å². The molecule has 2 heterocycles. The average Bonchev–Trinajstić information content (AvgIpc) is 2.99. The highest BCUT2D eigenvalue weighted by molar-refractivity contribution is 9.11. The van der Waals surface area contributed by atoms with Gasteiger partial charge in [0.1, 0.15) is 5.82 Å². The number of imidazole rings is 1. The van der Waals surface area contributed by atoms with Crippen molar-refractivity contribution in [2.45, 2.75) is 39.3 Å². The molecule has 104 valence electrons. The molecule has 0 aliphatic heterocycles. The molecule has 2 rings (SSSR count). The van der Waals surface area contributed by atoms with Crippen molar-refractivity contribution >= 4 is 27.3 Å². The molecule has 0 aromatic carbocycles. The summed E-state index contributed by atoms with van der Waals surface area (Å²) in [5.74, 6) is 1.16. The maximum absolute atomic E-state index is 4.51. The third kappa shape index (κ3) is 3.91. The molecule has 0 fully saturated rings. The molecule has 0 aliphatic rings. The minimum Gasteiger partial charge on any atom is -0.335 e. The van der Waals surface area contributed by atoms with Gasteiger partial charge in [-0.25, -0.2) is 4.98 Å². The van der Waals surface area contributed by atoms with Gasteiger partial charge in [0.05, 0.1) is 3.79 Å². The lowest BCUT2D eigenvalue weighted by molar-refractivity contribution is 0.522. The highest BCUT2D eigenvalue weighted by atomic mass is 79.9. The van der Waals surface area contributed by atoms with Gasteiger partial charge < -0.3 is 9.88 Å². The van der Waals surface area contributed by atoms with Crippen molar-refractivity contribution in [2.75, 3.05) is 6.54 Å². The van der Waals surface area contributed by atoms with Crippen molar-refractivity contribution in [3.8, 4) is 0 Å². The van der Waals surface area contributed by atoms with Crippen molar-refractivity contribution in [1.82, 2.24) is 14.9 Å². The summed E-state index contributed by atoms with van der Waals surface area (Å²) in [6.07, 6.45) is 6.05. The first-order chi connectivity index (χ1) is 9.24. The maximum atomic E-state index is 4.51. The number of likely N-dealkylation sites (N-methyl/N-ethyl adjacent to an activating group) is 1. The molecule has 5 heteroatoms. The van der Waals surface area contributed by atoms with Crippen LogP contribution in [0.2, 0.25) is 0 Å². The van der Waals surface area contributed by atoms with E-state index in [0.29, 0.717) is 6.04 Å². The van der Waals surface area contributed by atoms with Gasteiger partial charge in [0.2, 0.25) is 0 Å². The molecule has 1 unspecified atom stereocenters. The lowest BCUT2D eigenvalue weighted by Gasteiger charge is -2.17. The lowest BCUT2D eigenvalue weighted by Crippen LogP contribution is -2.23. The molecule has 1 N–H and O–H groups in total. The van der Waals surface area contributed by atoms with Crippen LogP contribution in [0, 0.1) is 0 Å². The van der Waals surface area contributed by atoms with E-state index < -0.39 is 0 Å². The molecule has 0 radical (unpaired) electrons. The van der Waals surface area contributed by atoms with Crippen LogP contribution in [0.4, 0.5) is 0 Å². The van der Waals surface area contributed by atoms with E-state index in [1.54, 1.807) is 11.3 Å². The Morgan fingerprint density at radius 1 is 1.42 bits per heavy atom. The second-order valence-electron chi connectivity index (χ2n) is 4.49. The van der Waals surface area contributed by atoms with E-state index in [2.05, 4.69) is 63.0 Å². The first kappa shape index (κ1) is 14.8. The van der Waals surface area contributed by atoms with Crippen LogP contribution >= 0.6 is 27.3 Å². The number of hydrogen-bond acceptors (Lipinski definition) is 3. The Labute approximate surface area is 127 Å². The molecule has 2 aromatic rings. The van der Waals surface area contributed by atoms with Gasteiger partial charge in [-0.2, -0.15) is 0 Å². The second kappa shape index (κ2) is 7.22. The van der Waals surface area contributed by atoms with Crippen molar-refractivity contribution < 1.29 is 0 Å². The average molecular weight is 342 g/mol. The molecule has 19 heavy (non-hydrogen) atoms. The molecular formula is C14H20BrN3S. The van der Waals surface area contributed by atoms with Crippen LogP contribution in [0.25, 0.3) is 0 Å². The quantitative estimate of drug-likeness (QED) is 0.824. The normalized spacial score (nSPS) is 12.8. The number of aryl methyl sites for hydroxylation is 1. The molecule has 2 aromatic heterocycles. The number of aromatic nitrogens is 2. The van der Waals surface area contributed by atoms with E-state index in [4.69, 9.17) is 0 Å². The molecule has 1 atom stereocenters. The summed E-state index contributed by atoms with van der Waals surface area (Å²) in [4.78, 5) is 5.87. The molecule has 0 saturated heterocycles. The summed E-state index contributed by atoms with van der Waals surface area (Å²) in [5, 5.41) is 3.56. The van der Waals surface area contributed by atoms with Gasteiger partial charge >= 0.3 is 0 Å². The number of nitrogens with one attached hydrogen (secondary N) is 1. The number of nitrogens with zero attached hydrogens (tertiary/aromatic N) is 2. The minimum atomic E-state index is 0.347. The Bertz CT molecular complexity index is 506. The van der Waals surface area contributed by atoms with E-state index >= 15 is 0 Å². The fourth-order valence-electron chi connectivity index (χ4n) is 2.19. The second-order valence-corrected chi connectivity index (χ2v) is 6.99. The summed E-state index contributed by atoms with van der Waals surface area (Å²) in [6.45, 7) is 6.35. The van der Waals surface area contributed by atoms with Crippen LogP contribution in [0.15, 0.2) is 28.3 Å². The number of rotatable bonds is 7. The third-order valence-corrected chi connectivity index (χ3v) is 4.78. The van der Waals surface area contributed by atoms with Gasteiger partial charge in [0, 0.05) is 36.3 Å². The van der Waals surface area contributed by atoms with Crippen molar-refractivity contribution in [3.63, 3.8) is 0 Å². The SMILES string of the molecule is CCCn1ccnc1CC(NCC)c1ccc(Br)s1. The van der Waals surface area contributed by atoms with Crippen LogP contribution in [-0.4, -0.2) is 16.1 Å². The summed E-state index contributed by atoms with van der Waals surface area (Å²) >= 11 is 5.33. The Morgan fingerprint density at radius 3 is 2.89 bits per heavy atom. The number of halogens is 1. The molecule has 0 amide bonds. The topological polar surface area (TPSA) is 29.9 Å². The van der Waals surface area contributed by atoms with Crippen LogP contribution in [0.3, 0.4) is 0 Å². The van der Waals surface area contributed by atoms with Gasteiger partial charge in [-0.3, -0.25) is 0 Å². The van der Waals surface area contributed by atoms with Crippen molar-refractivity contribution in [1.29, 1.82) is 0 Å². The zero-order valence-corrected chi connectivity index (χ0v) is 13.8. The maximum Gasteiger partial charge on any atom is 0.110 e. The Hall–Kier alpha value is -0.650. The molecule has 0 bridgehead atoms. The predicted octanol–water partition coefficient (Wildman–Crippen LogP) is 4.01. The van der Waals surface area contributed by atoms with E-state index in [1.807, 2.05) is 6.20 Å². The lowest BCUT2D eigenvalue weighted by atomic mass is 10.1. The standard InChI is InChI=1S/C14H20BrN3S/c1-3-8-18-9-7-17-14(18)10-11(16-4-2)12-5-6-13(15)19-12/h5-7,9,11,16H,3-4,8,10H2,1-2H3. The number of hydrogen-bond donors (Lipinski definition) is 1. The summed E-state index contributed by atoms with van der Waals surface area (Å²) in [6, 6.07) is 4.65. The molecule has 0 spiro atoms. The first-order valence-electron chi connectivity index (χ1n) is 6.73. The summed E-state index contributed by atoms with van der Waals surface area (Å²) < 4.78 is 3.44. The van der Waals surface area contributed by atoms with E-state index in [0.717, 1.165) is 31.8 Å². The van der Waals surface area contributed by atoms with Gasteiger partial charge in [0.15, 0.2) is 0 Å². The highest BCUT2D eigenvalue weighted by Gasteiger charge is 2.16. The molecule has 0 saturated carbocycles. The van der Waals surface area contributed by atoms with E-state index in [-0.39, 0.29) is 0 Å². The molecule has 0 aliphatic carbocycles. The van der Waals surface area contributed by atoms with Gasteiger partial charge in [-0.15, -0.1) is 11.3 Å². The van der Waals surface area contributed by atoms with Gasteiger partial charge in [-0.05, 0) is 41.0 Å². The van der Waals surface area contributed by atoms with E-state index in [9.17, 15) is 0 Å². The van der Waals surface area contributed by atoms with Crippen molar-refractivity contribution in [2.24, 2.45) is 0 Å². The predicted molar refractivity (Wildman–Crippen MR) is 84.7 cm³/mol. The fraction of sp³-hybridized carbons (Fsp3) is 0.500. The Balaban J connectivity index is 2.14.